The second-order valence-corrected chi connectivity index (χ2v) is 6.11. The van der Waals surface area contributed by atoms with Crippen LogP contribution < -0.4 is 11.1 Å². The van der Waals surface area contributed by atoms with E-state index in [4.69, 9.17) is 10.5 Å². The van der Waals surface area contributed by atoms with E-state index in [9.17, 15) is 9.59 Å². The maximum Gasteiger partial charge on any atom is 0.220 e. The summed E-state index contributed by atoms with van der Waals surface area (Å²) in [4.78, 5) is 22.1. The van der Waals surface area contributed by atoms with Gasteiger partial charge in [-0.15, -0.1) is 0 Å². The van der Waals surface area contributed by atoms with Crippen molar-refractivity contribution in [3.05, 3.63) is 0 Å². The second-order valence-electron chi connectivity index (χ2n) is 6.11. The molecule has 0 unspecified atom stereocenters. The third-order valence-corrected chi connectivity index (χ3v) is 2.34. The Hall–Kier alpha value is -1.10. The van der Waals surface area contributed by atoms with E-state index in [0.717, 1.165) is 0 Å². The smallest absolute Gasteiger partial charge is 0.220 e. The van der Waals surface area contributed by atoms with Gasteiger partial charge in [-0.05, 0) is 41.0 Å². The minimum Gasteiger partial charge on any atom is -0.376 e. The van der Waals surface area contributed by atoms with Crippen molar-refractivity contribution in [3.8, 4) is 0 Å². The molecule has 0 fully saturated rings. The highest BCUT2D eigenvalue weighted by molar-refractivity contribution is 5.83. The van der Waals surface area contributed by atoms with Gasteiger partial charge in [0.25, 0.3) is 0 Å². The lowest BCUT2D eigenvalue weighted by molar-refractivity contribution is -0.126. The molecule has 5 nitrogen and oxygen atoms in total. The van der Waals surface area contributed by atoms with Gasteiger partial charge < -0.3 is 15.8 Å². The van der Waals surface area contributed by atoms with Gasteiger partial charge in [-0.25, -0.2) is 0 Å². The molecule has 0 spiro atoms. The lowest BCUT2D eigenvalue weighted by Gasteiger charge is -2.28. The molecular formula is C13H26N2O3. The van der Waals surface area contributed by atoms with Gasteiger partial charge in [0.05, 0.1) is 5.60 Å². The van der Waals surface area contributed by atoms with Crippen LogP contribution in [0.2, 0.25) is 0 Å². The van der Waals surface area contributed by atoms with Crippen LogP contribution in [-0.2, 0) is 14.3 Å². The van der Waals surface area contributed by atoms with Crippen molar-refractivity contribution in [1.82, 2.24) is 5.32 Å². The minimum atomic E-state index is -0.459. The number of primary amides is 1. The van der Waals surface area contributed by atoms with Crippen LogP contribution in [0.15, 0.2) is 0 Å². The summed E-state index contributed by atoms with van der Waals surface area (Å²) in [5, 5.41) is 2.87. The Morgan fingerprint density at radius 3 is 2.11 bits per heavy atom. The first-order valence-electron chi connectivity index (χ1n) is 6.25. The monoisotopic (exact) mass is 258 g/mol. The Morgan fingerprint density at radius 1 is 1.11 bits per heavy atom. The maximum absolute atomic E-state index is 11.6. The first-order chi connectivity index (χ1) is 8.02. The van der Waals surface area contributed by atoms with E-state index in [1.807, 2.05) is 34.6 Å². The molecule has 0 aromatic heterocycles. The molecule has 0 saturated carbocycles. The molecule has 2 amide bonds. The predicted molar refractivity (Wildman–Crippen MR) is 71.0 cm³/mol. The summed E-state index contributed by atoms with van der Waals surface area (Å²) >= 11 is 0. The topological polar surface area (TPSA) is 81.4 Å². The highest BCUT2D eigenvalue weighted by atomic mass is 16.5. The summed E-state index contributed by atoms with van der Waals surface area (Å²) in [5.41, 5.74) is 4.47. The summed E-state index contributed by atoms with van der Waals surface area (Å²) in [5.74, 6) is -0.617. The molecule has 18 heavy (non-hydrogen) atoms. The van der Waals surface area contributed by atoms with Gasteiger partial charge >= 0.3 is 0 Å². The number of ether oxygens (including phenoxy) is 1. The zero-order valence-corrected chi connectivity index (χ0v) is 12.1. The molecule has 0 heterocycles. The van der Waals surface area contributed by atoms with Gasteiger partial charge in [-0.1, -0.05) is 0 Å². The number of nitrogens with two attached hydrogens (primary N) is 1. The first kappa shape index (κ1) is 16.9. The highest BCUT2D eigenvalue weighted by Crippen LogP contribution is 2.13. The Bertz CT molecular complexity index is 293. The Kier molecular flexibility index (Phi) is 6.32. The van der Waals surface area contributed by atoms with Gasteiger partial charge in [0, 0.05) is 25.0 Å². The molecule has 3 N–H and O–H groups in total. The van der Waals surface area contributed by atoms with E-state index in [0.29, 0.717) is 13.0 Å². The van der Waals surface area contributed by atoms with E-state index < -0.39 is 5.91 Å². The molecule has 0 atom stereocenters. The fraction of sp³-hybridized carbons (Fsp3) is 0.846. The highest BCUT2D eigenvalue weighted by Gasteiger charge is 2.21. The van der Waals surface area contributed by atoms with E-state index in [1.165, 1.54) is 0 Å². The Morgan fingerprint density at radius 2 is 1.67 bits per heavy atom. The van der Waals surface area contributed by atoms with Crippen molar-refractivity contribution < 1.29 is 14.3 Å². The number of carbonyl (C=O) groups excluding carboxylic acids is 2. The standard InChI is InChI=1S/C13H26N2O3/c1-12(2,3)18-9-8-13(4,5)15-11(17)7-6-10(14)16/h6-9H2,1-5H3,(H2,14,16)(H,15,17). The number of rotatable bonds is 7. The van der Waals surface area contributed by atoms with Crippen LogP contribution in [-0.4, -0.2) is 29.6 Å². The van der Waals surface area contributed by atoms with E-state index >= 15 is 0 Å². The number of carbonyl (C=O) groups is 2. The van der Waals surface area contributed by atoms with Gasteiger partial charge in [-0.2, -0.15) is 0 Å². The molecule has 0 saturated heterocycles. The summed E-state index contributed by atoms with van der Waals surface area (Å²) in [6, 6.07) is 0. The Balaban J connectivity index is 3.99. The largest absolute Gasteiger partial charge is 0.376 e. The normalized spacial score (nSPS) is 12.3. The predicted octanol–water partition coefficient (Wildman–Crippen LogP) is 1.35. The molecule has 5 heteroatoms. The van der Waals surface area contributed by atoms with Gasteiger partial charge in [0.1, 0.15) is 0 Å². The van der Waals surface area contributed by atoms with Crippen molar-refractivity contribution in [3.63, 3.8) is 0 Å². The summed E-state index contributed by atoms with van der Waals surface area (Å²) in [6.07, 6.45) is 0.936. The molecule has 0 aromatic carbocycles. The van der Waals surface area contributed by atoms with Crippen LogP contribution >= 0.6 is 0 Å². The summed E-state index contributed by atoms with van der Waals surface area (Å²) in [6.45, 7) is 10.4. The first-order valence-corrected chi connectivity index (χ1v) is 6.25. The number of amides is 2. The van der Waals surface area contributed by atoms with Crippen molar-refractivity contribution >= 4 is 11.8 Å². The lowest BCUT2D eigenvalue weighted by Crippen LogP contribution is -2.44. The van der Waals surface area contributed by atoms with Crippen LogP contribution in [0.25, 0.3) is 0 Å². The zero-order valence-electron chi connectivity index (χ0n) is 12.1. The third kappa shape index (κ3) is 10.1. The van der Waals surface area contributed by atoms with E-state index in [-0.39, 0.29) is 29.9 Å². The van der Waals surface area contributed by atoms with Gasteiger partial charge in [0.15, 0.2) is 0 Å². The fourth-order valence-corrected chi connectivity index (χ4v) is 1.35. The SMILES string of the molecule is CC(C)(CCOC(C)(C)C)NC(=O)CCC(N)=O. The van der Waals surface area contributed by atoms with Crippen LogP contribution in [0.5, 0.6) is 0 Å². The fourth-order valence-electron chi connectivity index (χ4n) is 1.35. The average Bonchev–Trinajstić information content (AvgIpc) is 2.11. The molecule has 0 aliphatic heterocycles. The van der Waals surface area contributed by atoms with Crippen molar-refractivity contribution in [2.45, 2.75) is 65.0 Å². The maximum atomic E-state index is 11.6. The van der Waals surface area contributed by atoms with Gasteiger partial charge in [0.2, 0.25) is 11.8 Å². The second kappa shape index (κ2) is 6.73. The van der Waals surface area contributed by atoms with Crippen LogP contribution in [0, 0.1) is 0 Å². The summed E-state index contributed by atoms with van der Waals surface area (Å²) < 4.78 is 5.62. The quantitative estimate of drug-likeness (QED) is 0.723. The number of hydrogen-bond donors (Lipinski definition) is 2. The zero-order chi connectivity index (χ0) is 14.4. The molecule has 0 aliphatic rings. The number of nitrogens with one attached hydrogen (secondary N) is 1. The van der Waals surface area contributed by atoms with Crippen LogP contribution in [0.3, 0.4) is 0 Å². The van der Waals surface area contributed by atoms with Crippen LogP contribution in [0.4, 0.5) is 0 Å². The molecule has 0 radical (unpaired) electrons. The molecule has 106 valence electrons. The number of hydrogen-bond acceptors (Lipinski definition) is 3. The van der Waals surface area contributed by atoms with E-state index in [2.05, 4.69) is 5.32 Å². The van der Waals surface area contributed by atoms with Crippen LogP contribution in [0.1, 0.15) is 53.9 Å². The summed E-state index contributed by atoms with van der Waals surface area (Å²) in [7, 11) is 0. The van der Waals surface area contributed by atoms with Crippen molar-refractivity contribution in [1.29, 1.82) is 0 Å². The third-order valence-electron chi connectivity index (χ3n) is 2.34. The molecule has 0 rings (SSSR count). The lowest BCUT2D eigenvalue weighted by atomic mass is 10.0. The van der Waals surface area contributed by atoms with E-state index in [1.54, 1.807) is 0 Å². The molecule has 0 aliphatic carbocycles. The van der Waals surface area contributed by atoms with Gasteiger partial charge in [-0.3, -0.25) is 9.59 Å². The Labute approximate surface area is 109 Å². The van der Waals surface area contributed by atoms with Crippen molar-refractivity contribution in [2.24, 2.45) is 5.73 Å². The molecule has 0 bridgehead atoms. The minimum absolute atomic E-state index is 0.0837. The molecule has 0 aromatic rings. The van der Waals surface area contributed by atoms with Crippen molar-refractivity contribution in [2.75, 3.05) is 6.61 Å². The molecular weight excluding hydrogens is 232 g/mol. The average molecular weight is 258 g/mol.